The molecule has 0 aromatic heterocycles. The summed E-state index contributed by atoms with van der Waals surface area (Å²) in [7, 11) is 0. The minimum atomic E-state index is -0.595. The lowest BCUT2D eigenvalue weighted by Crippen LogP contribution is -2.44. The molecule has 0 fully saturated rings. The van der Waals surface area contributed by atoms with Crippen molar-refractivity contribution in [3.8, 4) is 22.6 Å². The number of hydrogen-bond acceptors (Lipinski definition) is 5. The standard InChI is InChI=1S/C24H27NO5/c1-5-19(23(27)30-24(2,3)4)25-14-17-12-15(6-8-18(17)22(25)26)16-7-9-20-21(13-16)29-11-10-28-20/h6-9,12-13,19H,5,10-11,14H2,1-4H3/t19-/m0/s1. The molecule has 2 aromatic rings. The number of nitrogens with zero attached hydrogens (tertiary/aromatic N) is 1. The molecule has 2 heterocycles. The van der Waals surface area contributed by atoms with Crippen LogP contribution in [0.15, 0.2) is 36.4 Å². The lowest BCUT2D eigenvalue weighted by molar-refractivity contribution is -0.160. The quantitative estimate of drug-likeness (QED) is 0.708. The van der Waals surface area contributed by atoms with Crippen molar-refractivity contribution < 1.29 is 23.8 Å². The Morgan fingerprint density at radius 2 is 1.73 bits per heavy atom. The van der Waals surface area contributed by atoms with E-state index >= 15 is 0 Å². The number of fused-ring (bicyclic) bond motifs is 2. The van der Waals surface area contributed by atoms with Gasteiger partial charge in [-0.25, -0.2) is 4.79 Å². The van der Waals surface area contributed by atoms with Crippen LogP contribution in [0.5, 0.6) is 11.5 Å². The zero-order valence-electron chi connectivity index (χ0n) is 17.9. The van der Waals surface area contributed by atoms with Crippen LogP contribution in [0.1, 0.15) is 50.0 Å². The number of ether oxygens (including phenoxy) is 3. The van der Waals surface area contributed by atoms with E-state index in [1.165, 1.54) is 0 Å². The van der Waals surface area contributed by atoms with E-state index in [4.69, 9.17) is 14.2 Å². The molecule has 0 radical (unpaired) electrons. The number of amides is 1. The summed E-state index contributed by atoms with van der Waals surface area (Å²) in [6.45, 7) is 8.87. The molecule has 0 aliphatic carbocycles. The SMILES string of the molecule is CC[C@@H](C(=O)OC(C)(C)C)N1Cc2cc(-c3ccc4c(c3)OCCO4)ccc2C1=O. The van der Waals surface area contributed by atoms with E-state index in [2.05, 4.69) is 0 Å². The van der Waals surface area contributed by atoms with E-state index in [-0.39, 0.29) is 11.9 Å². The zero-order valence-corrected chi connectivity index (χ0v) is 17.9. The molecule has 0 unspecified atom stereocenters. The summed E-state index contributed by atoms with van der Waals surface area (Å²) in [4.78, 5) is 27.3. The van der Waals surface area contributed by atoms with E-state index in [0.29, 0.717) is 31.7 Å². The van der Waals surface area contributed by atoms with Crippen LogP contribution in [0, 0.1) is 0 Å². The highest BCUT2D eigenvalue weighted by atomic mass is 16.6. The third kappa shape index (κ3) is 3.86. The largest absolute Gasteiger partial charge is 0.486 e. The first-order chi connectivity index (χ1) is 14.3. The Morgan fingerprint density at radius 3 is 2.43 bits per heavy atom. The predicted molar refractivity (Wildman–Crippen MR) is 113 cm³/mol. The molecule has 2 aliphatic rings. The van der Waals surface area contributed by atoms with Gasteiger partial charge >= 0.3 is 5.97 Å². The van der Waals surface area contributed by atoms with E-state index < -0.39 is 11.6 Å². The van der Waals surface area contributed by atoms with Crippen molar-refractivity contribution in [3.05, 3.63) is 47.5 Å². The molecule has 1 amide bonds. The third-order valence-electron chi connectivity index (χ3n) is 5.25. The van der Waals surface area contributed by atoms with E-state index in [1.807, 2.05) is 64.1 Å². The van der Waals surface area contributed by atoms with Gasteiger partial charge in [-0.15, -0.1) is 0 Å². The summed E-state index contributed by atoms with van der Waals surface area (Å²) in [6, 6.07) is 11.0. The molecule has 158 valence electrons. The smallest absolute Gasteiger partial charge is 0.329 e. The fourth-order valence-electron chi connectivity index (χ4n) is 3.88. The fourth-order valence-corrected chi connectivity index (χ4v) is 3.88. The summed E-state index contributed by atoms with van der Waals surface area (Å²) in [5.74, 6) is 0.984. The molecular weight excluding hydrogens is 382 g/mol. The highest BCUT2D eigenvalue weighted by Crippen LogP contribution is 2.36. The second-order valence-electron chi connectivity index (χ2n) is 8.62. The van der Waals surface area contributed by atoms with Gasteiger partial charge in [0.05, 0.1) is 0 Å². The van der Waals surface area contributed by atoms with E-state index in [9.17, 15) is 9.59 Å². The van der Waals surface area contributed by atoms with Crippen molar-refractivity contribution in [2.45, 2.75) is 52.3 Å². The highest BCUT2D eigenvalue weighted by Gasteiger charge is 2.37. The highest BCUT2D eigenvalue weighted by molar-refractivity contribution is 6.01. The van der Waals surface area contributed by atoms with Crippen LogP contribution in [-0.4, -0.2) is 41.6 Å². The molecule has 0 spiro atoms. The summed E-state index contributed by atoms with van der Waals surface area (Å²) in [5.41, 5.74) is 2.94. The maximum Gasteiger partial charge on any atom is 0.329 e. The molecule has 30 heavy (non-hydrogen) atoms. The van der Waals surface area contributed by atoms with E-state index in [0.717, 1.165) is 28.2 Å². The number of carbonyl (C=O) groups is 2. The van der Waals surface area contributed by atoms with Gasteiger partial charge in [0, 0.05) is 12.1 Å². The van der Waals surface area contributed by atoms with Gasteiger partial charge in [0.1, 0.15) is 24.9 Å². The van der Waals surface area contributed by atoms with Crippen LogP contribution in [0.4, 0.5) is 0 Å². The van der Waals surface area contributed by atoms with Gasteiger partial charge in [-0.2, -0.15) is 0 Å². The first kappa shape index (κ1) is 20.3. The van der Waals surface area contributed by atoms with Crippen molar-refractivity contribution in [1.82, 2.24) is 4.90 Å². The Kier molecular flexibility index (Phi) is 5.18. The van der Waals surface area contributed by atoms with Crippen LogP contribution in [-0.2, 0) is 16.1 Å². The predicted octanol–water partition coefficient (Wildman–Crippen LogP) is 4.20. The minimum absolute atomic E-state index is 0.128. The van der Waals surface area contributed by atoms with Gasteiger partial charge in [0.2, 0.25) is 0 Å². The van der Waals surface area contributed by atoms with Gasteiger partial charge in [-0.1, -0.05) is 19.1 Å². The zero-order chi connectivity index (χ0) is 21.5. The molecule has 6 heteroatoms. The molecule has 0 saturated carbocycles. The first-order valence-electron chi connectivity index (χ1n) is 10.3. The second-order valence-corrected chi connectivity index (χ2v) is 8.62. The monoisotopic (exact) mass is 409 g/mol. The minimum Gasteiger partial charge on any atom is -0.486 e. The average Bonchev–Trinajstić information content (AvgIpc) is 3.02. The van der Waals surface area contributed by atoms with Crippen LogP contribution in [0.25, 0.3) is 11.1 Å². The maximum absolute atomic E-state index is 13.0. The van der Waals surface area contributed by atoms with Crippen molar-refractivity contribution in [1.29, 1.82) is 0 Å². The Labute approximate surface area is 176 Å². The summed E-state index contributed by atoms with van der Waals surface area (Å²) in [5, 5.41) is 0. The molecule has 0 saturated heterocycles. The topological polar surface area (TPSA) is 65.1 Å². The van der Waals surface area contributed by atoms with Crippen LogP contribution >= 0.6 is 0 Å². The first-order valence-corrected chi connectivity index (χ1v) is 10.3. The van der Waals surface area contributed by atoms with Gasteiger partial charge < -0.3 is 19.1 Å². The number of carbonyl (C=O) groups excluding carboxylic acids is 2. The van der Waals surface area contributed by atoms with Crippen molar-refractivity contribution >= 4 is 11.9 Å². The number of rotatable bonds is 4. The number of esters is 1. The van der Waals surface area contributed by atoms with Gasteiger partial charge in [-0.3, -0.25) is 4.79 Å². The Balaban J connectivity index is 1.59. The molecule has 6 nitrogen and oxygen atoms in total. The van der Waals surface area contributed by atoms with E-state index in [1.54, 1.807) is 4.90 Å². The number of hydrogen-bond donors (Lipinski definition) is 0. The maximum atomic E-state index is 13.0. The fraction of sp³-hybridized carbons (Fsp3) is 0.417. The summed E-state index contributed by atoms with van der Waals surface area (Å²) >= 11 is 0. The molecular formula is C24H27NO5. The van der Waals surface area contributed by atoms with Gasteiger partial charge in [0.15, 0.2) is 11.5 Å². The number of benzene rings is 2. The molecule has 2 aliphatic heterocycles. The lowest BCUT2D eigenvalue weighted by atomic mass is 10.00. The van der Waals surface area contributed by atoms with Crippen molar-refractivity contribution in [2.75, 3.05) is 13.2 Å². The van der Waals surface area contributed by atoms with Crippen LogP contribution in [0.3, 0.4) is 0 Å². The normalized spacial score (nSPS) is 16.3. The molecule has 4 rings (SSSR count). The molecule has 1 atom stereocenters. The van der Waals surface area contributed by atoms with Crippen LogP contribution < -0.4 is 9.47 Å². The summed E-state index contributed by atoms with van der Waals surface area (Å²) in [6.07, 6.45) is 0.504. The van der Waals surface area contributed by atoms with Gasteiger partial charge in [0.25, 0.3) is 5.91 Å². The third-order valence-corrected chi connectivity index (χ3v) is 5.25. The average molecular weight is 409 g/mol. The van der Waals surface area contributed by atoms with Crippen molar-refractivity contribution in [3.63, 3.8) is 0 Å². The Bertz CT molecular complexity index is 992. The molecule has 2 aromatic carbocycles. The Hall–Kier alpha value is -3.02. The second kappa shape index (κ2) is 7.67. The molecule has 0 bridgehead atoms. The van der Waals surface area contributed by atoms with Crippen LogP contribution in [0.2, 0.25) is 0 Å². The summed E-state index contributed by atoms with van der Waals surface area (Å²) < 4.78 is 16.8. The molecule has 0 N–H and O–H groups in total. The van der Waals surface area contributed by atoms with Gasteiger partial charge in [-0.05, 0) is 68.1 Å². The van der Waals surface area contributed by atoms with Crippen molar-refractivity contribution in [2.24, 2.45) is 0 Å². The lowest BCUT2D eigenvalue weighted by Gasteiger charge is -2.29. The Morgan fingerprint density at radius 1 is 1.07 bits per heavy atom.